The number of carboxylic acids is 1. The van der Waals surface area contributed by atoms with Gasteiger partial charge in [-0.15, -0.1) is 11.3 Å². The molecule has 230 valence electrons. The van der Waals surface area contributed by atoms with E-state index in [0.29, 0.717) is 43.6 Å². The maximum absolute atomic E-state index is 13.7. The Morgan fingerprint density at radius 2 is 2.02 bits per heavy atom. The van der Waals surface area contributed by atoms with E-state index >= 15 is 0 Å². The lowest BCUT2D eigenvalue weighted by Crippen LogP contribution is -2.53. The zero-order valence-corrected chi connectivity index (χ0v) is 25.3. The summed E-state index contributed by atoms with van der Waals surface area (Å²) in [5.41, 5.74) is 2.20. The number of rotatable bonds is 9. The van der Waals surface area contributed by atoms with Gasteiger partial charge in [0, 0.05) is 40.3 Å². The Labute approximate surface area is 262 Å². The fourth-order valence-corrected chi connectivity index (χ4v) is 6.52. The van der Waals surface area contributed by atoms with Gasteiger partial charge in [-0.2, -0.15) is 14.0 Å². The largest absolute Gasteiger partial charge is 0.491 e. The zero-order valence-electron chi connectivity index (χ0n) is 23.8. The molecule has 1 aliphatic heterocycles. The van der Waals surface area contributed by atoms with Crippen molar-refractivity contribution in [3.63, 3.8) is 0 Å². The number of halogens is 3. The number of aryl methyl sites for hydroxylation is 2. The van der Waals surface area contributed by atoms with Crippen LogP contribution < -0.4 is 15.2 Å². The summed E-state index contributed by atoms with van der Waals surface area (Å²) in [5.74, 6) is -0.0333. The number of anilines is 1. The molecule has 0 spiro atoms. The Kier molecular flexibility index (Phi) is 8.08. The number of hydrogen-bond donors (Lipinski definition) is 1. The Hall–Kier alpha value is -4.71. The molecule has 0 saturated carbocycles. The summed E-state index contributed by atoms with van der Waals surface area (Å²) in [6.07, 6.45) is 0.683. The van der Waals surface area contributed by atoms with Crippen molar-refractivity contribution in [1.82, 2.24) is 19.5 Å². The maximum Gasteiger partial charge on any atom is 0.345 e. The third-order valence-electron chi connectivity index (χ3n) is 7.41. The molecule has 6 rings (SSSR count). The summed E-state index contributed by atoms with van der Waals surface area (Å²) < 4.78 is 37.9. The van der Waals surface area contributed by atoms with Crippen molar-refractivity contribution in [3.8, 4) is 22.9 Å². The quantitative estimate of drug-likeness (QED) is 0.219. The van der Waals surface area contributed by atoms with Crippen LogP contribution in [0.4, 0.5) is 14.6 Å². The number of hydrogen-bond acceptors (Lipinski definition) is 10. The predicted molar refractivity (Wildman–Crippen MR) is 164 cm³/mol. The molecule has 0 unspecified atom stereocenters. The Morgan fingerprint density at radius 1 is 1.24 bits per heavy atom. The van der Waals surface area contributed by atoms with Crippen molar-refractivity contribution < 1.29 is 28.2 Å². The Morgan fingerprint density at radius 3 is 2.73 bits per heavy atom. The van der Waals surface area contributed by atoms with E-state index in [1.807, 2.05) is 12.1 Å². The molecule has 0 amide bonds. The summed E-state index contributed by atoms with van der Waals surface area (Å²) in [7, 11) is 0. The number of nitriles is 1. The zero-order chi connectivity index (χ0) is 32.0. The topological polar surface area (TPSA) is 143 Å². The van der Waals surface area contributed by atoms with Crippen LogP contribution >= 0.6 is 22.9 Å². The highest BCUT2D eigenvalue weighted by Gasteiger charge is 2.33. The summed E-state index contributed by atoms with van der Waals surface area (Å²) >= 11 is 7.61. The van der Waals surface area contributed by atoms with Crippen molar-refractivity contribution in [2.45, 2.75) is 33.1 Å². The van der Waals surface area contributed by atoms with Crippen LogP contribution in [0, 0.1) is 25.2 Å². The van der Waals surface area contributed by atoms with Crippen LogP contribution in [0.1, 0.15) is 27.4 Å². The van der Waals surface area contributed by atoms with Gasteiger partial charge in [-0.05, 0) is 38.1 Å². The number of carbonyl (C=O) groups is 1. The maximum atomic E-state index is 13.7. The number of carboxylic acid groups (broad SMARTS) is 1. The normalized spacial score (nSPS) is 13.4. The van der Waals surface area contributed by atoms with Gasteiger partial charge in [0.15, 0.2) is 0 Å². The molecular formula is C30H23ClF2N6O5S. The van der Waals surface area contributed by atoms with Gasteiger partial charge >= 0.3 is 12.6 Å². The fourth-order valence-electron chi connectivity index (χ4n) is 5.33. The van der Waals surface area contributed by atoms with E-state index in [2.05, 4.69) is 19.7 Å². The highest BCUT2D eigenvalue weighted by Crippen LogP contribution is 2.40. The minimum Gasteiger partial charge on any atom is -0.491 e. The van der Waals surface area contributed by atoms with E-state index in [1.54, 1.807) is 42.3 Å². The standard InChI is InChI=1S/C30H23ClF2N6O5S/c1-14-7-19(26-25(36-14)21(13-45-26)29(41)42)18-8-16(31)3-4-23(18)43-6-5-39-15(2)37-22-10-35-27(20(9-34)24(22)28(39)40)38-11-17(12-38)44-30(32)33/h3-4,7-8,10,13,17,30H,5-6,11-12H2,1-2H3,(H,41,42). The molecule has 1 saturated heterocycles. The minimum absolute atomic E-state index is 0.00362. The van der Waals surface area contributed by atoms with Crippen LogP contribution in [0.3, 0.4) is 0 Å². The van der Waals surface area contributed by atoms with Crippen molar-refractivity contribution >= 4 is 55.8 Å². The molecule has 1 aromatic carbocycles. The lowest BCUT2D eigenvalue weighted by Gasteiger charge is -2.39. The monoisotopic (exact) mass is 652 g/mol. The summed E-state index contributed by atoms with van der Waals surface area (Å²) in [4.78, 5) is 40.3. The van der Waals surface area contributed by atoms with Gasteiger partial charge in [-0.25, -0.2) is 14.8 Å². The lowest BCUT2D eigenvalue weighted by atomic mass is 10.0. The second-order valence-corrected chi connectivity index (χ2v) is 11.6. The Balaban J connectivity index is 1.30. The van der Waals surface area contributed by atoms with Crippen molar-refractivity contribution in [2.75, 3.05) is 24.6 Å². The number of alkyl halides is 2. The first-order chi connectivity index (χ1) is 21.5. The number of ether oxygens (including phenoxy) is 2. The second kappa shape index (κ2) is 12.0. The van der Waals surface area contributed by atoms with Crippen molar-refractivity contribution in [2.24, 2.45) is 0 Å². The number of fused-ring (bicyclic) bond motifs is 2. The number of nitrogens with zero attached hydrogens (tertiary/aromatic N) is 6. The molecule has 11 nitrogen and oxygen atoms in total. The molecule has 1 N–H and O–H groups in total. The molecule has 0 aliphatic carbocycles. The van der Waals surface area contributed by atoms with Gasteiger partial charge in [-0.1, -0.05) is 11.6 Å². The van der Waals surface area contributed by atoms with Crippen LogP contribution in [0.25, 0.3) is 32.2 Å². The number of thiophene rings is 1. The molecule has 5 aromatic rings. The van der Waals surface area contributed by atoms with Gasteiger partial charge < -0.3 is 19.5 Å². The van der Waals surface area contributed by atoms with Crippen LogP contribution in [0.5, 0.6) is 5.75 Å². The van der Waals surface area contributed by atoms with Crippen LogP contribution in [0.2, 0.25) is 5.02 Å². The second-order valence-electron chi connectivity index (χ2n) is 10.3. The highest BCUT2D eigenvalue weighted by molar-refractivity contribution is 7.18. The first-order valence-electron chi connectivity index (χ1n) is 13.6. The molecule has 1 aliphatic rings. The Bertz CT molecular complexity index is 2090. The van der Waals surface area contributed by atoms with E-state index < -0.39 is 24.2 Å². The number of benzene rings is 1. The lowest BCUT2D eigenvalue weighted by molar-refractivity contribution is -0.167. The molecule has 0 bridgehead atoms. The summed E-state index contributed by atoms with van der Waals surface area (Å²) in [6.45, 7) is 0.858. The highest BCUT2D eigenvalue weighted by atomic mass is 35.5. The molecule has 4 aromatic heterocycles. The van der Waals surface area contributed by atoms with Crippen LogP contribution in [0.15, 0.2) is 40.6 Å². The molecule has 5 heterocycles. The number of pyridine rings is 2. The molecule has 45 heavy (non-hydrogen) atoms. The minimum atomic E-state index is -2.90. The summed E-state index contributed by atoms with van der Waals surface area (Å²) in [5, 5.41) is 21.7. The molecule has 15 heteroatoms. The number of aromatic carboxylic acids is 1. The summed E-state index contributed by atoms with van der Waals surface area (Å²) in [6, 6.07) is 8.96. The van der Waals surface area contributed by atoms with Crippen LogP contribution in [-0.2, 0) is 11.3 Å². The van der Waals surface area contributed by atoms with E-state index in [1.165, 1.54) is 22.1 Å². The predicted octanol–water partition coefficient (Wildman–Crippen LogP) is 5.42. The average Bonchev–Trinajstić information content (AvgIpc) is 3.40. The van der Waals surface area contributed by atoms with E-state index in [-0.39, 0.29) is 54.1 Å². The van der Waals surface area contributed by atoms with Gasteiger partial charge in [0.2, 0.25) is 0 Å². The molecule has 0 radical (unpaired) electrons. The third-order valence-corrected chi connectivity index (χ3v) is 8.65. The van der Waals surface area contributed by atoms with Gasteiger partial charge in [0.25, 0.3) is 5.56 Å². The molecule has 0 atom stereocenters. The van der Waals surface area contributed by atoms with Crippen LogP contribution in [-0.4, -0.2) is 63.0 Å². The van der Waals surface area contributed by atoms with E-state index in [9.17, 15) is 28.7 Å². The number of aromatic nitrogens is 4. The molecule has 1 fully saturated rings. The van der Waals surface area contributed by atoms with E-state index in [0.717, 1.165) is 0 Å². The molecular weight excluding hydrogens is 630 g/mol. The average molecular weight is 653 g/mol. The smallest absolute Gasteiger partial charge is 0.345 e. The third kappa shape index (κ3) is 5.66. The fraction of sp³-hybridized carbons (Fsp3) is 0.267. The van der Waals surface area contributed by atoms with Gasteiger partial charge in [-0.3, -0.25) is 14.3 Å². The SMILES string of the molecule is Cc1cc(-c2cc(Cl)ccc2OCCn2c(C)nc3cnc(N4CC(OC(F)F)C4)c(C#N)c3c2=O)c2scc(C(=O)O)c2n1. The van der Waals surface area contributed by atoms with Crippen molar-refractivity contribution in [1.29, 1.82) is 5.26 Å². The van der Waals surface area contributed by atoms with E-state index in [4.69, 9.17) is 16.3 Å². The van der Waals surface area contributed by atoms with Gasteiger partial charge in [0.1, 0.15) is 35.6 Å². The first kappa shape index (κ1) is 30.3. The first-order valence-corrected chi connectivity index (χ1v) is 14.8. The van der Waals surface area contributed by atoms with Gasteiger partial charge in [0.05, 0.1) is 45.5 Å². The van der Waals surface area contributed by atoms with Crippen molar-refractivity contribution in [3.05, 3.63) is 73.9 Å².